The van der Waals surface area contributed by atoms with Crippen molar-refractivity contribution in [3.05, 3.63) is 59.1 Å². The normalized spacial score (nSPS) is 10.9. The highest BCUT2D eigenvalue weighted by molar-refractivity contribution is 6.31. The first-order valence-electron chi connectivity index (χ1n) is 14.0. The van der Waals surface area contributed by atoms with Gasteiger partial charge in [-0.25, -0.2) is 0 Å². The van der Waals surface area contributed by atoms with Gasteiger partial charge in [0.15, 0.2) is 23.0 Å². The smallest absolute Gasteiger partial charge is 0.308 e. The van der Waals surface area contributed by atoms with E-state index in [9.17, 15) is 9.59 Å². The fourth-order valence-corrected chi connectivity index (χ4v) is 4.67. The van der Waals surface area contributed by atoms with E-state index in [1.165, 1.54) is 13.8 Å². The average Bonchev–Trinajstić information content (AvgIpc) is 2.93. The van der Waals surface area contributed by atoms with Crippen molar-refractivity contribution in [2.45, 2.75) is 61.0 Å². The number of fused-ring (bicyclic) bond motifs is 2. The number of carbonyl (C=O) groups is 2. The molecule has 0 N–H and O–H groups in total. The minimum atomic E-state index is -0.414. The molecule has 0 bridgehead atoms. The molecular formula is C34H39ClO8. The van der Waals surface area contributed by atoms with E-state index >= 15 is 0 Å². The molecule has 0 amide bonds. The Balaban J connectivity index is 0.000000236. The largest absolute Gasteiger partial charge is 0.496 e. The van der Waals surface area contributed by atoms with Crippen LogP contribution in [0.1, 0.15) is 54.0 Å². The first-order valence-corrected chi connectivity index (χ1v) is 14.4. The van der Waals surface area contributed by atoms with Gasteiger partial charge >= 0.3 is 11.9 Å². The van der Waals surface area contributed by atoms with Gasteiger partial charge < -0.3 is 28.4 Å². The Morgan fingerprint density at radius 1 is 0.721 bits per heavy atom. The third-order valence-corrected chi connectivity index (χ3v) is 6.22. The zero-order chi connectivity index (χ0) is 31.9. The molecule has 0 aliphatic heterocycles. The van der Waals surface area contributed by atoms with Crippen LogP contribution in [0.3, 0.4) is 0 Å². The molecule has 0 fully saturated rings. The molecular weight excluding hydrogens is 572 g/mol. The van der Waals surface area contributed by atoms with Gasteiger partial charge in [0.1, 0.15) is 17.1 Å². The predicted octanol–water partition coefficient (Wildman–Crippen LogP) is 8.48. The van der Waals surface area contributed by atoms with Crippen LogP contribution in [0.2, 0.25) is 5.02 Å². The number of esters is 2. The topological polar surface area (TPSA) is 89.5 Å². The Bertz CT molecular complexity index is 1620. The van der Waals surface area contributed by atoms with Gasteiger partial charge in [-0.2, -0.15) is 0 Å². The zero-order valence-corrected chi connectivity index (χ0v) is 26.9. The summed E-state index contributed by atoms with van der Waals surface area (Å²) in [6.45, 7) is 15.2. The molecule has 4 aromatic rings. The SMILES string of the molecule is CCOc1c(C)c(OC(C)=O)c2cc(Cl)ccc2c1OCC.COc1cc(OC(C)(C)C)c(OC(C)=O)c2ccccc12. The van der Waals surface area contributed by atoms with Crippen molar-refractivity contribution in [1.82, 2.24) is 0 Å². The lowest BCUT2D eigenvalue weighted by molar-refractivity contribution is -0.132. The molecule has 0 atom stereocenters. The lowest BCUT2D eigenvalue weighted by Crippen LogP contribution is -2.23. The van der Waals surface area contributed by atoms with Crippen molar-refractivity contribution >= 4 is 45.1 Å². The molecule has 0 radical (unpaired) electrons. The van der Waals surface area contributed by atoms with Crippen molar-refractivity contribution in [2.75, 3.05) is 20.3 Å². The fraction of sp³-hybridized carbons (Fsp3) is 0.353. The van der Waals surface area contributed by atoms with Gasteiger partial charge in [-0.3, -0.25) is 9.59 Å². The summed E-state index contributed by atoms with van der Waals surface area (Å²) in [7, 11) is 1.61. The summed E-state index contributed by atoms with van der Waals surface area (Å²) in [5.41, 5.74) is 0.304. The van der Waals surface area contributed by atoms with Crippen LogP contribution in [0.15, 0.2) is 48.5 Å². The number of rotatable bonds is 8. The molecule has 0 aliphatic rings. The minimum Gasteiger partial charge on any atom is -0.496 e. The summed E-state index contributed by atoms with van der Waals surface area (Å²) in [5, 5.41) is 3.75. The fourth-order valence-electron chi connectivity index (χ4n) is 4.50. The van der Waals surface area contributed by atoms with Crippen molar-refractivity contribution in [3.63, 3.8) is 0 Å². The summed E-state index contributed by atoms with van der Waals surface area (Å²) in [6.07, 6.45) is 0. The number of halogens is 1. The molecule has 8 nitrogen and oxygen atoms in total. The molecule has 0 unspecified atom stereocenters. The molecule has 230 valence electrons. The Labute approximate surface area is 257 Å². The van der Waals surface area contributed by atoms with E-state index in [1.54, 1.807) is 25.3 Å². The Hall–Kier alpha value is -4.17. The lowest BCUT2D eigenvalue weighted by atomic mass is 10.0. The number of methoxy groups -OCH3 is 1. The molecule has 4 rings (SSSR count). The summed E-state index contributed by atoms with van der Waals surface area (Å²) < 4.78 is 33.6. The maximum absolute atomic E-state index is 11.4. The minimum absolute atomic E-state index is 0.385. The van der Waals surface area contributed by atoms with E-state index in [2.05, 4.69) is 0 Å². The Morgan fingerprint density at radius 2 is 1.28 bits per heavy atom. The van der Waals surface area contributed by atoms with Gasteiger partial charge in [0.25, 0.3) is 0 Å². The number of hydrogen-bond acceptors (Lipinski definition) is 8. The second-order valence-electron chi connectivity index (χ2n) is 10.5. The molecule has 0 aliphatic carbocycles. The molecule has 0 heterocycles. The van der Waals surface area contributed by atoms with Gasteiger partial charge in [-0.1, -0.05) is 35.9 Å². The highest BCUT2D eigenvalue weighted by Crippen LogP contribution is 2.46. The van der Waals surface area contributed by atoms with Crippen LogP contribution in [0.5, 0.6) is 34.5 Å². The number of ether oxygens (including phenoxy) is 6. The van der Waals surface area contributed by atoms with Crippen molar-refractivity contribution in [2.24, 2.45) is 0 Å². The van der Waals surface area contributed by atoms with E-state index in [0.717, 1.165) is 27.1 Å². The van der Waals surface area contributed by atoms with Crippen LogP contribution in [0, 0.1) is 6.92 Å². The lowest BCUT2D eigenvalue weighted by Gasteiger charge is -2.24. The number of hydrogen-bond donors (Lipinski definition) is 0. The molecule has 43 heavy (non-hydrogen) atoms. The number of benzene rings is 4. The highest BCUT2D eigenvalue weighted by atomic mass is 35.5. The van der Waals surface area contributed by atoms with Crippen LogP contribution in [-0.2, 0) is 9.59 Å². The van der Waals surface area contributed by atoms with Crippen molar-refractivity contribution in [3.8, 4) is 34.5 Å². The average molecular weight is 611 g/mol. The first kappa shape index (κ1) is 33.3. The van der Waals surface area contributed by atoms with Crippen LogP contribution < -0.4 is 28.4 Å². The van der Waals surface area contributed by atoms with Crippen LogP contribution in [0.25, 0.3) is 21.5 Å². The highest BCUT2D eigenvalue weighted by Gasteiger charge is 2.23. The Morgan fingerprint density at radius 3 is 1.84 bits per heavy atom. The molecule has 0 aromatic heterocycles. The van der Waals surface area contributed by atoms with Crippen molar-refractivity contribution < 1.29 is 38.0 Å². The number of carbonyl (C=O) groups excluding carboxylic acids is 2. The van der Waals surface area contributed by atoms with Crippen LogP contribution >= 0.6 is 11.6 Å². The molecule has 0 saturated heterocycles. The van der Waals surface area contributed by atoms with Gasteiger partial charge in [-0.15, -0.1) is 0 Å². The standard InChI is InChI=1S/C17H19ClO4.C17H20O4/c1-5-20-16-10(3)15(22-11(4)19)14-9-12(18)7-8-13(14)17(16)21-6-2;1-11(18)20-16-13-9-7-6-8-12(13)14(19-5)10-15(16)21-17(2,3)4/h7-9H,5-6H2,1-4H3;6-10H,1-5H3. The summed E-state index contributed by atoms with van der Waals surface area (Å²) >= 11 is 6.10. The second-order valence-corrected chi connectivity index (χ2v) is 11.0. The maximum Gasteiger partial charge on any atom is 0.308 e. The van der Waals surface area contributed by atoms with E-state index in [1.807, 2.05) is 71.9 Å². The van der Waals surface area contributed by atoms with Gasteiger partial charge in [0.05, 0.1) is 20.3 Å². The zero-order valence-electron chi connectivity index (χ0n) is 26.2. The van der Waals surface area contributed by atoms with E-state index in [-0.39, 0.29) is 5.97 Å². The summed E-state index contributed by atoms with van der Waals surface area (Å²) in [4.78, 5) is 22.9. The third kappa shape index (κ3) is 8.23. The second kappa shape index (κ2) is 14.3. The van der Waals surface area contributed by atoms with Crippen molar-refractivity contribution in [1.29, 1.82) is 0 Å². The predicted molar refractivity (Wildman–Crippen MR) is 170 cm³/mol. The monoisotopic (exact) mass is 610 g/mol. The van der Waals surface area contributed by atoms with E-state index in [4.69, 9.17) is 40.0 Å². The first-order chi connectivity index (χ1) is 20.3. The van der Waals surface area contributed by atoms with Gasteiger partial charge in [-0.05, 0) is 59.7 Å². The van der Waals surface area contributed by atoms with Crippen LogP contribution in [0.4, 0.5) is 0 Å². The Kier molecular flexibility index (Phi) is 11.1. The molecule has 0 saturated carbocycles. The summed E-state index contributed by atoms with van der Waals surface area (Å²) in [6, 6.07) is 14.7. The molecule has 4 aromatic carbocycles. The van der Waals surface area contributed by atoms with E-state index in [0.29, 0.717) is 52.7 Å². The quantitative estimate of drug-likeness (QED) is 0.145. The van der Waals surface area contributed by atoms with Gasteiger partial charge in [0, 0.05) is 52.0 Å². The van der Waals surface area contributed by atoms with Gasteiger partial charge in [0.2, 0.25) is 0 Å². The van der Waals surface area contributed by atoms with Crippen LogP contribution in [-0.4, -0.2) is 37.9 Å². The molecule has 9 heteroatoms. The summed E-state index contributed by atoms with van der Waals surface area (Å²) in [5.74, 6) is 2.51. The maximum atomic E-state index is 11.4. The molecule has 0 spiro atoms. The van der Waals surface area contributed by atoms with E-state index < -0.39 is 11.6 Å². The third-order valence-electron chi connectivity index (χ3n) is 5.99.